The van der Waals surface area contributed by atoms with E-state index >= 15 is 0 Å². The van der Waals surface area contributed by atoms with Crippen LogP contribution < -0.4 is 16.1 Å². The number of hydrogen-bond donors (Lipinski definition) is 2. The van der Waals surface area contributed by atoms with Gasteiger partial charge in [0.05, 0.1) is 11.2 Å². The Bertz CT molecular complexity index is 900. The Kier molecular flexibility index (Phi) is 7.71. The molecule has 2 atom stereocenters. The Morgan fingerprint density at radius 3 is 2.23 bits per heavy atom. The van der Waals surface area contributed by atoms with Gasteiger partial charge in [-0.05, 0) is 60.8 Å². The summed E-state index contributed by atoms with van der Waals surface area (Å²) in [5.41, 5.74) is -0.735. The lowest BCUT2D eigenvalue weighted by Crippen LogP contribution is -2.52. The molecule has 10 nitrogen and oxygen atoms in total. The van der Waals surface area contributed by atoms with Crippen LogP contribution in [-0.4, -0.2) is 76.0 Å². The maximum Gasteiger partial charge on any atom is 0.498 e. The first-order valence-electron chi connectivity index (χ1n) is 12.3. The van der Waals surface area contributed by atoms with Gasteiger partial charge in [0, 0.05) is 37.0 Å². The number of carbonyl (C=O) groups excluding carboxylic acids is 2. The molecule has 35 heavy (non-hydrogen) atoms. The average molecular weight is 489 g/mol. The second-order valence-electron chi connectivity index (χ2n) is 11.7. The van der Waals surface area contributed by atoms with Gasteiger partial charge in [0.25, 0.3) is 0 Å². The average Bonchev–Trinajstić information content (AvgIpc) is 3.26. The van der Waals surface area contributed by atoms with Crippen LogP contribution in [0.3, 0.4) is 0 Å². The van der Waals surface area contributed by atoms with Crippen LogP contribution in [0.5, 0.6) is 0 Å². The van der Waals surface area contributed by atoms with Crippen molar-refractivity contribution in [1.29, 1.82) is 0 Å². The summed E-state index contributed by atoms with van der Waals surface area (Å²) in [6.45, 7) is 18.3. The number of rotatable bonds is 6. The third-order valence-electron chi connectivity index (χ3n) is 6.64. The van der Waals surface area contributed by atoms with E-state index in [-0.39, 0.29) is 17.9 Å². The molecule has 2 fully saturated rings. The lowest BCUT2D eigenvalue weighted by Gasteiger charge is -2.32. The number of ether oxygens (including phenoxy) is 1. The molecule has 3 heterocycles. The summed E-state index contributed by atoms with van der Waals surface area (Å²) in [6, 6.07) is -0.643. The quantitative estimate of drug-likeness (QED) is 0.586. The molecule has 0 aliphatic carbocycles. The van der Waals surface area contributed by atoms with Gasteiger partial charge in [-0.3, -0.25) is 4.79 Å². The van der Waals surface area contributed by atoms with Crippen molar-refractivity contribution >= 4 is 30.5 Å². The summed E-state index contributed by atoms with van der Waals surface area (Å²) in [4.78, 5) is 36.0. The van der Waals surface area contributed by atoms with E-state index in [1.165, 1.54) is 0 Å². The summed E-state index contributed by atoms with van der Waals surface area (Å²) in [6.07, 6.45) is 3.57. The number of carbonyl (C=O) groups is 2. The number of nitrogens with zero attached hydrogens (tertiary/aromatic N) is 3. The van der Waals surface area contributed by atoms with Gasteiger partial charge in [0.15, 0.2) is 0 Å². The van der Waals surface area contributed by atoms with Gasteiger partial charge in [-0.15, -0.1) is 0 Å². The van der Waals surface area contributed by atoms with Crippen LogP contribution in [0.1, 0.15) is 68.7 Å². The molecule has 1 aromatic heterocycles. The normalized spacial score (nSPS) is 22.3. The second-order valence-corrected chi connectivity index (χ2v) is 11.7. The van der Waals surface area contributed by atoms with Gasteiger partial charge >= 0.3 is 13.2 Å². The number of amides is 2. The summed E-state index contributed by atoms with van der Waals surface area (Å²) in [7, 11) is -0.515. The fraction of sp³-hybridized carbons (Fsp3) is 0.750. The fourth-order valence-electron chi connectivity index (χ4n) is 3.92. The molecule has 1 unspecified atom stereocenters. The Balaban J connectivity index is 1.55. The Labute approximate surface area is 209 Å². The molecule has 0 aromatic carbocycles. The summed E-state index contributed by atoms with van der Waals surface area (Å²) in [5, 5.41) is 6.04. The minimum absolute atomic E-state index is 0.0102. The number of aromatic nitrogens is 2. The highest BCUT2D eigenvalue weighted by Crippen LogP contribution is 2.36. The van der Waals surface area contributed by atoms with Crippen molar-refractivity contribution in [2.75, 3.05) is 18.4 Å². The number of hydrogen-bond acceptors (Lipinski definition) is 8. The molecule has 194 valence electrons. The summed E-state index contributed by atoms with van der Waals surface area (Å²) >= 11 is 0. The second kappa shape index (κ2) is 9.93. The molecule has 0 bridgehead atoms. The van der Waals surface area contributed by atoms with Crippen LogP contribution in [0.4, 0.5) is 10.7 Å². The van der Waals surface area contributed by atoms with Gasteiger partial charge in [0.2, 0.25) is 11.9 Å². The lowest BCUT2D eigenvalue weighted by molar-refractivity contribution is -0.133. The van der Waals surface area contributed by atoms with Crippen molar-refractivity contribution in [2.45, 2.75) is 97.6 Å². The van der Waals surface area contributed by atoms with Gasteiger partial charge in [-0.2, -0.15) is 0 Å². The zero-order chi connectivity index (χ0) is 26.2. The van der Waals surface area contributed by atoms with E-state index in [0.29, 0.717) is 19.0 Å². The molecule has 2 N–H and O–H groups in total. The molecule has 1 aromatic rings. The predicted octanol–water partition coefficient (Wildman–Crippen LogP) is 2.34. The highest BCUT2D eigenvalue weighted by Gasteiger charge is 2.52. The molecule has 3 rings (SSSR count). The van der Waals surface area contributed by atoms with Crippen molar-refractivity contribution < 1.29 is 23.6 Å². The maximum atomic E-state index is 13.2. The van der Waals surface area contributed by atoms with Gasteiger partial charge in [-0.1, -0.05) is 13.8 Å². The molecule has 2 aliphatic heterocycles. The maximum absolute atomic E-state index is 13.2. The first-order valence-corrected chi connectivity index (χ1v) is 12.3. The van der Waals surface area contributed by atoms with E-state index in [0.717, 1.165) is 11.9 Å². The molecule has 0 spiro atoms. The molecule has 2 amide bonds. The van der Waals surface area contributed by atoms with Crippen LogP contribution >= 0.6 is 0 Å². The van der Waals surface area contributed by atoms with Crippen molar-refractivity contribution in [3.63, 3.8) is 0 Å². The van der Waals surface area contributed by atoms with Gasteiger partial charge < -0.3 is 29.6 Å². The van der Waals surface area contributed by atoms with Crippen LogP contribution in [-0.2, 0) is 18.8 Å². The molecule has 2 saturated heterocycles. The van der Waals surface area contributed by atoms with Crippen molar-refractivity contribution in [3.8, 4) is 0 Å². The molecule has 0 saturated carbocycles. The van der Waals surface area contributed by atoms with Crippen LogP contribution in [0, 0.1) is 5.92 Å². The minimum atomic E-state index is -0.654. The van der Waals surface area contributed by atoms with E-state index in [2.05, 4.69) is 20.6 Å². The lowest BCUT2D eigenvalue weighted by atomic mass is 9.81. The number of likely N-dealkylation sites (tertiary alicyclic amines) is 1. The third-order valence-corrected chi connectivity index (χ3v) is 6.64. The minimum Gasteiger partial charge on any atom is -0.444 e. The number of nitrogens with one attached hydrogen (secondary N) is 2. The van der Waals surface area contributed by atoms with Crippen molar-refractivity contribution in [1.82, 2.24) is 20.2 Å². The van der Waals surface area contributed by atoms with E-state index in [4.69, 9.17) is 14.0 Å². The SMILES string of the molecule is CC(C)C(NC(=O)OC(C)(C)C)C(=O)N1CC[C@@H](Nc2ncc(B3OC(C)(C)C(C)(C)O3)cn2)C1. The third kappa shape index (κ3) is 6.64. The summed E-state index contributed by atoms with van der Waals surface area (Å²) < 4.78 is 17.4. The zero-order valence-corrected chi connectivity index (χ0v) is 22.5. The van der Waals surface area contributed by atoms with Crippen LogP contribution in [0.25, 0.3) is 0 Å². The molecular weight excluding hydrogens is 449 g/mol. The smallest absolute Gasteiger partial charge is 0.444 e. The fourth-order valence-corrected chi connectivity index (χ4v) is 3.92. The van der Waals surface area contributed by atoms with E-state index in [1.54, 1.807) is 38.1 Å². The molecule has 2 aliphatic rings. The molecular formula is C24H40BN5O5. The largest absolute Gasteiger partial charge is 0.498 e. The monoisotopic (exact) mass is 489 g/mol. The number of anilines is 1. The van der Waals surface area contributed by atoms with E-state index < -0.39 is 36.1 Å². The predicted molar refractivity (Wildman–Crippen MR) is 134 cm³/mol. The highest BCUT2D eigenvalue weighted by molar-refractivity contribution is 6.61. The van der Waals surface area contributed by atoms with Crippen molar-refractivity contribution in [3.05, 3.63) is 12.4 Å². The Morgan fingerprint density at radius 1 is 1.14 bits per heavy atom. The Hall–Kier alpha value is -2.40. The van der Waals surface area contributed by atoms with E-state index in [1.807, 2.05) is 41.5 Å². The van der Waals surface area contributed by atoms with Crippen LogP contribution in [0.15, 0.2) is 12.4 Å². The number of alkyl carbamates (subject to hydrolysis) is 1. The Morgan fingerprint density at radius 2 is 1.71 bits per heavy atom. The summed E-state index contributed by atoms with van der Waals surface area (Å²) in [5.74, 6) is 0.289. The zero-order valence-electron chi connectivity index (χ0n) is 22.5. The van der Waals surface area contributed by atoms with E-state index in [9.17, 15) is 9.59 Å². The first-order chi connectivity index (χ1) is 16.1. The van der Waals surface area contributed by atoms with Gasteiger partial charge in [-0.25, -0.2) is 14.8 Å². The standard InChI is InChI=1S/C24H40BN5O5/c1-15(2)18(29-21(32)33-22(3,4)5)19(31)30-11-10-17(14-30)28-20-26-12-16(13-27-20)25-34-23(6,7)24(8,9)35-25/h12-13,15,17-18H,10-11,14H2,1-9H3,(H,29,32)(H,26,27,28)/t17-,18?/m1/s1. The first kappa shape index (κ1) is 27.2. The van der Waals surface area contributed by atoms with Gasteiger partial charge in [0.1, 0.15) is 11.6 Å². The molecule has 11 heteroatoms. The van der Waals surface area contributed by atoms with Crippen LogP contribution in [0.2, 0.25) is 0 Å². The molecule has 0 radical (unpaired) electrons. The topological polar surface area (TPSA) is 115 Å². The van der Waals surface area contributed by atoms with Crippen molar-refractivity contribution in [2.24, 2.45) is 5.92 Å². The highest BCUT2D eigenvalue weighted by atomic mass is 16.7.